The molecule has 0 saturated heterocycles. The first-order valence-electron chi connectivity index (χ1n) is 5.84. The van der Waals surface area contributed by atoms with Crippen LogP contribution >= 0.6 is 0 Å². The van der Waals surface area contributed by atoms with E-state index in [2.05, 4.69) is 10.6 Å². The Morgan fingerprint density at radius 3 is 2.37 bits per heavy atom. The van der Waals surface area contributed by atoms with Crippen molar-refractivity contribution in [3.8, 4) is 0 Å². The molecule has 0 aliphatic heterocycles. The third kappa shape index (κ3) is 8.83. The molecule has 2 atom stereocenters. The van der Waals surface area contributed by atoms with Crippen LogP contribution in [0.25, 0.3) is 0 Å². The molecule has 0 aliphatic carbocycles. The van der Waals surface area contributed by atoms with Crippen molar-refractivity contribution >= 4 is 18.0 Å². The van der Waals surface area contributed by atoms with E-state index in [9.17, 15) is 14.4 Å². The highest BCUT2D eigenvalue weighted by atomic mass is 16.5. The predicted molar refractivity (Wildman–Crippen MR) is 65.9 cm³/mol. The molecule has 0 aliphatic rings. The lowest BCUT2D eigenvalue weighted by Crippen LogP contribution is -2.47. The second-order valence-electron chi connectivity index (χ2n) is 4.24. The first kappa shape index (κ1) is 17.2. The van der Waals surface area contributed by atoms with E-state index in [0.29, 0.717) is 13.2 Å². The van der Waals surface area contributed by atoms with E-state index in [0.717, 1.165) is 0 Å². The molecular formula is C11H20N2O6. The smallest absolute Gasteiger partial charge is 0.326 e. The standard InChI is InChI=1S/C11H20N2O6/c1-7(6-19-2)5-12-11(18)13-8(10(16)17)3-4-9(14)15/h7-8H,3-6H2,1-2H3,(H,14,15)(H,16,17)(H2,12,13,18). The Kier molecular flexibility index (Phi) is 8.27. The molecule has 2 amide bonds. The van der Waals surface area contributed by atoms with Crippen LogP contribution in [-0.2, 0) is 14.3 Å². The molecule has 8 nitrogen and oxygen atoms in total. The van der Waals surface area contributed by atoms with Crippen molar-refractivity contribution in [2.24, 2.45) is 5.92 Å². The van der Waals surface area contributed by atoms with Gasteiger partial charge in [-0.05, 0) is 12.3 Å². The molecule has 0 radical (unpaired) electrons. The van der Waals surface area contributed by atoms with E-state index >= 15 is 0 Å². The quantitative estimate of drug-likeness (QED) is 0.465. The van der Waals surface area contributed by atoms with Gasteiger partial charge in [0.1, 0.15) is 6.04 Å². The summed E-state index contributed by atoms with van der Waals surface area (Å²) >= 11 is 0. The molecule has 8 heteroatoms. The van der Waals surface area contributed by atoms with Crippen molar-refractivity contribution in [2.45, 2.75) is 25.8 Å². The number of urea groups is 1. The van der Waals surface area contributed by atoms with E-state index in [1.54, 1.807) is 7.11 Å². The van der Waals surface area contributed by atoms with Crippen molar-refractivity contribution in [3.63, 3.8) is 0 Å². The van der Waals surface area contributed by atoms with Gasteiger partial charge in [-0.1, -0.05) is 6.92 Å². The Bertz CT molecular complexity index is 320. The molecular weight excluding hydrogens is 256 g/mol. The summed E-state index contributed by atoms with van der Waals surface area (Å²) in [5.41, 5.74) is 0. The highest BCUT2D eigenvalue weighted by Gasteiger charge is 2.20. The minimum atomic E-state index is -1.26. The third-order valence-electron chi connectivity index (χ3n) is 2.31. The summed E-state index contributed by atoms with van der Waals surface area (Å²) in [6.45, 7) is 2.68. The SMILES string of the molecule is COCC(C)CNC(=O)NC(CCC(=O)O)C(=O)O. The van der Waals surface area contributed by atoms with Crippen LogP contribution in [0.5, 0.6) is 0 Å². The Morgan fingerprint density at radius 1 is 1.26 bits per heavy atom. The molecule has 110 valence electrons. The lowest BCUT2D eigenvalue weighted by atomic mass is 10.1. The Morgan fingerprint density at radius 2 is 1.89 bits per heavy atom. The summed E-state index contributed by atoms with van der Waals surface area (Å²) < 4.78 is 4.89. The maximum atomic E-state index is 11.4. The van der Waals surface area contributed by atoms with Crippen LogP contribution in [0.3, 0.4) is 0 Å². The maximum absolute atomic E-state index is 11.4. The van der Waals surface area contributed by atoms with E-state index in [4.69, 9.17) is 14.9 Å². The van der Waals surface area contributed by atoms with Crippen molar-refractivity contribution in [2.75, 3.05) is 20.3 Å². The number of methoxy groups -OCH3 is 1. The van der Waals surface area contributed by atoms with E-state index in [1.165, 1.54) is 0 Å². The number of carbonyl (C=O) groups excluding carboxylic acids is 1. The first-order valence-corrected chi connectivity index (χ1v) is 5.84. The molecule has 0 rings (SSSR count). The third-order valence-corrected chi connectivity index (χ3v) is 2.31. The number of rotatable bonds is 9. The van der Waals surface area contributed by atoms with Gasteiger partial charge in [-0.25, -0.2) is 9.59 Å². The van der Waals surface area contributed by atoms with Crippen LogP contribution in [0, 0.1) is 5.92 Å². The lowest BCUT2D eigenvalue weighted by Gasteiger charge is -2.16. The fourth-order valence-corrected chi connectivity index (χ4v) is 1.34. The summed E-state index contributed by atoms with van der Waals surface area (Å²) in [5.74, 6) is -2.28. The monoisotopic (exact) mass is 276 g/mol. The minimum absolute atomic E-state index is 0.0954. The maximum Gasteiger partial charge on any atom is 0.326 e. The van der Waals surface area contributed by atoms with Gasteiger partial charge in [-0.2, -0.15) is 0 Å². The molecule has 0 fully saturated rings. The average Bonchev–Trinajstić information content (AvgIpc) is 2.31. The van der Waals surface area contributed by atoms with Crippen molar-refractivity contribution in [1.82, 2.24) is 10.6 Å². The molecule has 4 N–H and O–H groups in total. The second kappa shape index (κ2) is 9.15. The zero-order valence-electron chi connectivity index (χ0n) is 11.0. The van der Waals surface area contributed by atoms with Gasteiger partial charge < -0.3 is 25.6 Å². The van der Waals surface area contributed by atoms with E-state index in [1.807, 2.05) is 6.92 Å². The number of amides is 2. The van der Waals surface area contributed by atoms with Gasteiger partial charge in [0.05, 0.1) is 6.61 Å². The second-order valence-corrected chi connectivity index (χ2v) is 4.24. The molecule has 0 bridgehead atoms. The van der Waals surface area contributed by atoms with Gasteiger partial charge in [-0.15, -0.1) is 0 Å². The lowest BCUT2D eigenvalue weighted by molar-refractivity contribution is -0.140. The molecule has 0 saturated carbocycles. The summed E-state index contributed by atoms with van der Waals surface area (Å²) in [6.07, 6.45) is -0.483. The van der Waals surface area contributed by atoms with Crippen LogP contribution < -0.4 is 10.6 Å². The number of aliphatic carboxylic acids is 2. The summed E-state index contributed by atoms with van der Waals surface area (Å²) in [6, 6.07) is -1.85. The number of carbonyl (C=O) groups is 3. The topological polar surface area (TPSA) is 125 Å². The molecule has 2 unspecified atom stereocenters. The van der Waals surface area contributed by atoms with Crippen LogP contribution in [0.4, 0.5) is 4.79 Å². The number of hydrogen-bond donors (Lipinski definition) is 4. The average molecular weight is 276 g/mol. The van der Waals surface area contributed by atoms with Crippen molar-refractivity contribution < 1.29 is 29.3 Å². The van der Waals surface area contributed by atoms with Crippen LogP contribution in [0.2, 0.25) is 0 Å². The number of carboxylic acids is 2. The Labute approximate surface area is 111 Å². The zero-order chi connectivity index (χ0) is 14.8. The highest BCUT2D eigenvalue weighted by molar-refractivity contribution is 5.82. The molecule has 0 aromatic rings. The van der Waals surface area contributed by atoms with Gasteiger partial charge in [0.2, 0.25) is 0 Å². The summed E-state index contributed by atoms with van der Waals surface area (Å²) in [4.78, 5) is 32.6. The van der Waals surface area contributed by atoms with E-state index < -0.39 is 24.0 Å². The van der Waals surface area contributed by atoms with Gasteiger partial charge in [0.15, 0.2) is 0 Å². The fourth-order valence-electron chi connectivity index (χ4n) is 1.34. The number of hydrogen-bond acceptors (Lipinski definition) is 4. The summed E-state index contributed by atoms with van der Waals surface area (Å²) in [7, 11) is 1.54. The Balaban J connectivity index is 4.10. The first-order chi connectivity index (χ1) is 8.86. The Hall–Kier alpha value is -1.83. The summed E-state index contributed by atoms with van der Waals surface area (Å²) in [5, 5.41) is 22.0. The molecule has 0 spiro atoms. The number of nitrogens with one attached hydrogen (secondary N) is 2. The largest absolute Gasteiger partial charge is 0.481 e. The number of ether oxygens (including phenoxy) is 1. The van der Waals surface area contributed by atoms with Gasteiger partial charge in [-0.3, -0.25) is 4.79 Å². The number of carboxylic acid groups (broad SMARTS) is 2. The van der Waals surface area contributed by atoms with Crippen LogP contribution in [-0.4, -0.2) is 54.5 Å². The van der Waals surface area contributed by atoms with E-state index in [-0.39, 0.29) is 18.8 Å². The van der Waals surface area contributed by atoms with Gasteiger partial charge in [0, 0.05) is 20.1 Å². The molecule has 19 heavy (non-hydrogen) atoms. The zero-order valence-corrected chi connectivity index (χ0v) is 11.0. The van der Waals surface area contributed by atoms with Crippen molar-refractivity contribution in [3.05, 3.63) is 0 Å². The fraction of sp³-hybridized carbons (Fsp3) is 0.727. The highest BCUT2D eigenvalue weighted by Crippen LogP contribution is 1.98. The minimum Gasteiger partial charge on any atom is -0.481 e. The normalized spacial score (nSPS) is 13.4. The van der Waals surface area contributed by atoms with Crippen LogP contribution in [0.1, 0.15) is 19.8 Å². The van der Waals surface area contributed by atoms with Crippen LogP contribution in [0.15, 0.2) is 0 Å². The van der Waals surface area contributed by atoms with Crippen molar-refractivity contribution in [1.29, 1.82) is 0 Å². The molecule has 0 aromatic carbocycles. The predicted octanol–water partition coefficient (Wildman–Crippen LogP) is -0.114. The van der Waals surface area contributed by atoms with Gasteiger partial charge in [0.25, 0.3) is 0 Å². The molecule has 0 heterocycles. The van der Waals surface area contributed by atoms with Gasteiger partial charge >= 0.3 is 18.0 Å². The molecule has 0 aromatic heterocycles.